The molecule has 0 radical (unpaired) electrons. The number of nitro groups is 1. The fourth-order valence-electron chi connectivity index (χ4n) is 1.24. The highest BCUT2D eigenvalue weighted by molar-refractivity contribution is 7.15. The number of hydrogen-bond acceptors (Lipinski definition) is 6. The van der Waals surface area contributed by atoms with Crippen molar-refractivity contribution in [2.45, 2.75) is 0 Å². The minimum Gasteiger partial charge on any atom is -0.420 e. The van der Waals surface area contributed by atoms with Crippen LogP contribution in [0.2, 0.25) is 5.15 Å². The number of ether oxygens (including phenoxy) is 1. The third-order valence-electron chi connectivity index (χ3n) is 2.03. The average Bonchev–Trinajstić information content (AvgIpc) is 2.71. The van der Waals surface area contributed by atoms with E-state index in [4.69, 9.17) is 16.3 Å². The molecule has 9 heteroatoms. The van der Waals surface area contributed by atoms with Gasteiger partial charge in [0, 0.05) is 6.07 Å². The summed E-state index contributed by atoms with van der Waals surface area (Å²) in [5.74, 6) is -1.48. The lowest BCUT2D eigenvalue weighted by Crippen LogP contribution is -1.95. The summed E-state index contributed by atoms with van der Waals surface area (Å²) in [6, 6.07) is 3.29. The Morgan fingerprint density at radius 2 is 2.26 bits per heavy atom. The summed E-state index contributed by atoms with van der Waals surface area (Å²) in [4.78, 5) is 24.3. The van der Waals surface area contributed by atoms with Gasteiger partial charge in [-0.2, -0.15) is 4.98 Å². The van der Waals surface area contributed by atoms with Gasteiger partial charge in [0.2, 0.25) is 5.75 Å². The first-order valence-electron chi connectivity index (χ1n) is 4.75. The molecule has 0 unspecified atom stereocenters. The first-order valence-corrected chi connectivity index (χ1v) is 5.94. The second-order valence-corrected chi connectivity index (χ2v) is 4.55. The second kappa shape index (κ2) is 5.29. The van der Waals surface area contributed by atoms with Gasteiger partial charge in [0.15, 0.2) is 17.3 Å². The molecule has 2 aromatic rings. The van der Waals surface area contributed by atoms with E-state index in [0.29, 0.717) is 6.29 Å². The number of aromatic nitrogens is 1. The summed E-state index contributed by atoms with van der Waals surface area (Å²) in [6.45, 7) is 0. The summed E-state index contributed by atoms with van der Waals surface area (Å²) >= 11 is 6.37. The standard InChI is InChI=1S/C10H4ClFN2O4S/c11-9-7(4-15)19-10(13-9)18-8-5(12)2-1-3-6(8)14(16)17/h1-4H. The van der Waals surface area contributed by atoms with Gasteiger partial charge in [-0.25, -0.2) is 4.39 Å². The maximum absolute atomic E-state index is 13.5. The SMILES string of the molecule is O=Cc1sc(Oc2c(F)cccc2[N+](=O)[O-])nc1Cl. The molecule has 0 N–H and O–H groups in total. The molecule has 0 bridgehead atoms. The Bertz CT molecular complexity index is 661. The molecule has 2 rings (SSSR count). The third-order valence-corrected chi connectivity index (χ3v) is 3.29. The van der Waals surface area contributed by atoms with Gasteiger partial charge in [0.1, 0.15) is 4.88 Å². The molecule has 0 spiro atoms. The number of aldehydes is 1. The van der Waals surface area contributed by atoms with Crippen LogP contribution in [0.1, 0.15) is 9.67 Å². The Labute approximate surface area is 114 Å². The molecule has 0 saturated heterocycles. The van der Waals surface area contributed by atoms with Crippen molar-refractivity contribution in [3.63, 3.8) is 0 Å². The fraction of sp³-hybridized carbons (Fsp3) is 0. The lowest BCUT2D eigenvalue weighted by atomic mass is 10.3. The Morgan fingerprint density at radius 3 is 2.84 bits per heavy atom. The minimum atomic E-state index is -0.909. The highest BCUT2D eigenvalue weighted by atomic mass is 35.5. The molecule has 0 aliphatic heterocycles. The van der Waals surface area contributed by atoms with Gasteiger partial charge in [0.05, 0.1) is 4.92 Å². The van der Waals surface area contributed by atoms with Crippen LogP contribution in [-0.2, 0) is 0 Å². The normalized spacial score (nSPS) is 10.2. The van der Waals surface area contributed by atoms with Crippen LogP contribution in [0.15, 0.2) is 18.2 Å². The van der Waals surface area contributed by atoms with Crippen LogP contribution in [0.5, 0.6) is 10.9 Å². The lowest BCUT2D eigenvalue weighted by Gasteiger charge is -2.03. The molecule has 1 aromatic carbocycles. The number of para-hydroxylation sites is 1. The molecule has 0 amide bonds. The summed E-state index contributed by atoms with van der Waals surface area (Å²) in [5.41, 5.74) is -0.543. The molecule has 0 aliphatic rings. The molecule has 98 valence electrons. The molecule has 0 atom stereocenters. The van der Waals surface area contributed by atoms with E-state index in [1.165, 1.54) is 6.07 Å². The molecular formula is C10H4ClFN2O4S. The van der Waals surface area contributed by atoms with Gasteiger partial charge in [-0.1, -0.05) is 29.0 Å². The number of carbonyl (C=O) groups excluding carboxylic acids is 1. The van der Waals surface area contributed by atoms with Crippen molar-refractivity contribution in [1.29, 1.82) is 0 Å². The molecule has 0 saturated carbocycles. The van der Waals surface area contributed by atoms with Crippen LogP contribution >= 0.6 is 22.9 Å². The van der Waals surface area contributed by atoms with Crippen LogP contribution < -0.4 is 4.74 Å². The van der Waals surface area contributed by atoms with Crippen molar-refractivity contribution in [1.82, 2.24) is 4.98 Å². The lowest BCUT2D eigenvalue weighted by molar-refractivity contribution is -0.385. The first-order chi connectivity index (χ1) is 9.02. The smallest absolute Gasteiger partial charge is 0.314 e. The minimum absolute atomic E-state index is 0.0932. The van der Waals surface area contributed by atoms with Crippen LogP contribution in [-0.4, -0.2) is 16.2 Å². The van der Waals surface area contributed by atoms with Crippen LogP contribution in [0.3, 0.4) is 0 Å². The molecule has 0 aliphatic carbocycles. The Morgan fingerprint density at radius 1 is 1.53 bits per heavy atom. The van der Waals surface area contributed by atoms with Gasteiger partial charge >= 0.3 is 5.69 Å². The van der Waals surface area contributed by atoms with E-state index in [-0.39, 0.29) is 15.2 Å². The maximum atomic E-state index is 13.5. The monoisotopic (exact) mass is 302 g/mol. The quantitative estimate of drug-likeness (QED) is 0.491. The van der Waals surface area contributed by atoms with E-state index in [1.54, 1.807) is 0 Å². The molecule has 19 heavy (non-hydrogen) atoms. The average molecular weight is 303 g/mol. The van der Waals surface area contributed by atoms with Gasteiger partial charge < -0.3 is 4.74 Å². The molecule has 0 fully saturated rings. The zero-order valence-corrected chi connectivity index (χ0v) is 10.6. The molecular weight excluding hydrogens is 299 g/mol. The van der Waals surface area contributed by atoms with Crippen molar-refractivity contribution in [3.8, 4) is 10.9 Å². The number of benzene rings is 1. The van der Waals surface area contributed by atoms with Crippen molar-refractivity contribution in [2.75, 3.05) is 0 Å². The number of nitrogens with zero attached hydrogens (tertiary/aromatic N) is 2. The fourth-order valence-corrected chi connectivity index (χ4v) is 2.16. The van der Waals surface area contributed by atoms with Crippen LogP contribution in [0.4, 0.5) is 10.1 Å². The predicted octanol–water partition coefficient (Wildman–Crippen LogP) is 3.45. The van der Waals surface area contributed by atoms with Gasteiger partial charge in [-0.05, 0) is 6.07 Å². The van der Waals surface area contributed by atoms with E-state index in [9.17, 15) is 19.3 Å². The van der Waals surface area contributed by atoms with Crippen molar-refractivity contribution in [2.24, 2.45) is 0 Å². The largest absolute Gasteiger partial charge is 0.420 e. The Kier molecular flexibility index (Phi) is 3.72. The van der Waals surface area contributed by atoms with E-state index in [0.717, 1.165) is 23.5 Å². The second-order valence-electron chi connectivity index (χ2n) is 3.20. The predicted molar refractivity (Wildman–Crippen MR) is 65.6 cm³/mol. The van der Waals surface area contributed by atoms with Crippen LogP contribution in [0.25, 0.3) is 0 Å². The van der Waals surface area contributed by atoms with E-state index in [1.807, 2.05) is 0 Å². The van der Waals surface area contributed by atoms with Crippen molar-refractivity contribution >= 4 is 34.9 Å². The Balaban J connectivity index is 2.42. The molecule has 1 heterocycles. The number of halogens is 2. The third kappa shape index (κ3) is 2.69. The summed E-state index contributed by atoms with van der Waals surface area (Å²) in [7, 11) is 0. The highest BCUT2D eigenvalue weighted by Crippen LogP contribution is 2.36. The summed E-state index contributed by atoms with van der Waals surface area (Å²) in [5, 5.41) is 10.5. The number of carbonyl (C=O) groups is 1. The summed E-state index contributed by atoms with van der Waals surface area (Å²) < 4.78 is 18.5. The summed E-state index contributed by atoms with van der Waals surface area (Å²) in [6.07, 6.45) is 0.461. The number of nitro benzene ring substituents is 1. The topological polar surface area (TPSA) is 82.3 Å². The first kappa shape index (κ1) is 13.4. The van der Waals surface area contributed by atoms with Crippen molar-refractivity contribution in [3.05, 3.63) is 44.2 Å². The van der Waals surface area contributed by atoms with Crippen LogP contribution in [0, 0.1) is 15.9 Å². The van der Waals surface area contributed by atoms with Crippen molar-refractivity contribution < 1.29 is 18.8 Å². The zero-order valence-electron chi connectivity index (χ0n) is 9.00. The maximum Gasteiger partial charge on any atom is 0.314 e. The number of thiazole rings is 1. The number of rotatable bonds is 4. The van der Waals surface area contributed by atoms with E-state index < -0.39 is 22.2 Å². The van der Waals surface area contributed by atoms with Gasteiger partial charge in [-0.15, -0.1) is 0 Å². The van der Waals surface area contributed by atoms with E-state index in [2.05, 4.69) is 4.98 Å². The zero-order chi connectivity index (χ0) is 14.0. The number of hydrogen-bond donors (Lipinski definition) is 0. The Hall–Kier alpha value is -2.06. The molecule has 1 aromatic heterocycles. The van der Waals surface area contributed by atoms with Gasteiger partial charge in [0.25, 0.3) is 5.19 Å². The van der Waals surface area contributed by atoms with E-state index >= 15 is 0 Å². The molecule has 6 nitrogen and oxygen atoms in total. The van der Waals surface area contributed by atoms with Gasteiger partial charge in [-0.3, -0.25) is 14.9 Å². The highest BCUT2D eigenvalue weighted by Gasteiger charge is 2.22.